The molecule has 0 bridgehead atoms. The van der Waals surface area contributed by atoms with Gasteiger partial charge in [0.2, 0.25) is 11.8 Å². The summed E-state index contributed by atoms with van der Waals surface area (Å²) >= 11 is 9.48. The molecule has 230 valence electrons. The number of anilines is 1. The first-order valence-electron chi connectivity index (χ1n) is 13.8. The van der Waals surface area contributed by atoms with Gasteiger partial charge in [-0.1, -0.05) is 71.8 Å². The van der Waals surface area contributed by atoms with Crippen molar-refractivity contribution in [2.45, 2.75) is 30.8 Å². The molecule has 0 spiro atoms. The average Bonchev–Trinajstić information content (AvgIpc) is 3.02. The highest BCUT2D eigenvalue weighted by Gasteiger charge is 2.34. The Morgan fingerprint density at radius 2 is 1.59 bits per heavy atom. The molecule has 0 aliphatic carbocycles. The Labute approximate surface area is 271 Å². The predicted molar refractivity (Wildman–Crippen MR) is 176 cm³/mol. The molecule has 0 radical (unpaired) electrons. The third-order valence-electron chi connectivity index (χ3n) is 7.10. The number of halogens is 2. The molecule has 4 aromatic rings. The van der Waals surface area contributed by atoms with Crippen molar-refractivity contribution >= 4 is 55.1 Å². The van der Waals surface area contributed by atoms with E-state index in [1.165, 1.54) is 31.2 Å². The first-order chi connectivity index (χ1) is 21.0. The number of carbonyl (C=O) groups is 2. The summed E-state index contributed by atoms with van der Waals surface area (Å²) in [6, 6.07) is 26.7. The fourth-order valence-corrected chi connectivity index (χ4v) is 6.94. The number of nitrogens with one attached hydrogen (secondary N) is 1. The van der Waals surface area contributed by atoms with Gasteiger partial charge in [-0.3, -0.25) is 13.9 Å². The van der Waals surface area contributed by atoms with Crippen molar-refractivity contribution in [3.63, 3.8) is 0 Å². The molecule has 0 unspecified atom stereocenters. The largest absolute Gasteiger partial charge is 0.496 e. The van der Waals surface area contributed by atoms with E-state index in [-0.39, 0.29) is 23.8 Å². The summed E-state index contributed by atoms with van der Waals surface area (Å²) in [7, 11) is -1.25. The third-order valence-corrected chi connectivity index (χ3v) is 9.74. The first-order valence-corrected chi connectivity index (χ1v) is 16.4. The number of hydrogen-bond acceptors (Lipinski definition) is 5. The van der Waals surface area contributed by atoms with E-state index in [2.05, 4.69) is 21.2 Å². The van der Waals surface area contributed by atoms with Crippen LogP contribution in [0.15, 0.2) is 106 Å². The topological polar surface area (TPSA) is 96.0 Å². The van der Waals surface area contributed by atoms with Crippen molar-refractivity contribution in [3.8, 4) is 5.75 Å². The summed E-state index contributed by atoms with van der Waals surface area (Å²) in [5.41, 5.74) is 2.81. The minimum atomic E-state index is -4.25. The lowest BCUT2D eigenvalue weighted by Crippen LogP contribution is -2.53. The maximum Gasteiger partial charge on any atom is 0.264 e. The number of benzene rings is 4. The Morgan fingerprint density at radius 1 is 0.932 bits per heavy atom. The second-order valence-corrected chi connectivity index (χ2v) is 13.3. The Morgan fingerprint density at radius 3 is 2.18 bits per heavy atom. The van der Waals surface area contributed by atoms with E-state index < -0.39 is 28.5 Å². The van der Waals surface area contributed by atoms with Crippen LogP contribution in [0.5, 0.6) is 5.75 Å². The zero-order valence-corrected chi connectivity index (χ0v) is 27.7. The lowest BCUT2D eigenvalue weighted by Gasteiger charge is -2.33. The summed E-state index contributed by atoms with van der Waals surface area (Å²) in [6.45, 7) is 1.39. The Balaban J connectivity index is 1.79. The molecular formula is C33H33BrClN3O5S. The van der Waals surface area contributed by atoms with E-state index in [9.17, 15) is 18.0 Å². The number of ether oxygens (including phenoxy) is 1. The van der Waals surface area contributed by atoms with Gasteiger partial charge in [-0.15, -0.1) is 0 Å². The van der Waals surface area contributed by atoms with E-state index in [0.29, 0.717) is 20.9 Å². The fourth-order valence-electron chi connectivity index (χ4n) is 4.68. The lowest BCUT2D eigenvalue weighted by atomic mass is 10.0. The van der Waals surface area contributed by atoms with E-state index in [1.807, 2.05) is 37.3 Å². The molecule has 2 amide bonds. The van der Waals surface area contributed by atoms with Crippen molar-refractivity contribution in [1.29, 1.82) is 0 Å². The molecule has 11 heteroatoms. The fraction of sp³-hybridized carbons (Fsp3) is 0.212. The second-order valence-electron chi connectivity index (χ2n) is 10.1. The summed E-state index contributed by atoms with van der Waals surface area (Å²) in [5, 5.41) is 3.21. The number of aryl methyl sites for hydroxylation is 1. The maximum atomic E-state index is 14.3. The van der Waals surface area contributed by atoms with Crippen LogP contribution in [0.4, 0.5) is 5.69 Å². The summed E-state index contributed by atoms with van der Waals surface area (Å²) < 4.78 is 35.1. The number of likely N-dealkylation sites (N-methyl/N-ethyl adjacent to an activating group) is 1. The number of nitrogens with zero attached hydrogens (tertiary/aromatic N) is 2. The van der Waals surface area contributed by atoms with Gasteiger partial charge in [0, 0.05) is 25.0 Å². The van der Waals surface area contributed by atoms with Gasteiger partial charge in [-0.25, -0.2) is 8.42 Å². The van der Waals surface area contributed by atoms with Crippen LogP contribution in [0.2, 0.25) is 5.02 Å². The van der Waals surface area contributed by atoms with Gasteiger partial charge >= 0.3 is 0 Å². The third kappa shape index (κ3) is 7.99. The van der Waals surface area contributed by atoms with Gasteiger partial charge in [0.25, 0.3) is 10.0 Å². The van der Waals surface area contributed by atoms with Crippen molar-refractivity contribution in [1.82, 2.24) is 10.2 Å². The molecule has 0 aliphatic heterocycles. The number of rotatable bonds is 12. The number of methoxy groups -OCH3 is 1. The highest BCUT2D eigenvalue weighted by Crippen LogP contribution is 2.31. The minimum Gasteiger partial charge on any atom is -0.496 e. The monoisotopic (exact) mass is 697 g/mol. The molecule has 0 aliphatic rings. The van der Waals surface area contributed by atoms with Crippen molar-refractivity contribution in [2.75, 3.05) is 25.0 Å². The van der Waals surface area contributed by atoms with E-state index in [0.717, 1.165) is 21.0 Å². The molecule has 4 rings (SSSR count). The number of sulfonamides is 1. The Bertz CT molecular complexity index is 1700. The quantitative estimate of drug-likeness (QED) is 0.196. The molecule has 4 aromatic carbocycles. The number of carbonyl (C=O) groups excluding carboxylic acids is 2. The van der Waals surface area contributed by atoms with Gasteiger partial charge in [0.1, 0.15) is 18.3 Å². The molecule has 44 heavy (non-hydrogen) atoms. The molecular weight excluding hydrogens is 666 g/mol. The minimum absolute atomic E-state index is 0.0325. The highest BCUT2D eigenvalue weighted by atomic mass is 79.9. The number of hydrogen-bond donors (Lipinski definition) is 1. The van der Waals surface area contributed by atoms with Crippen LogP contribution in [-0.2, 0) is 32.6 Å². The smallest absolute Gasteiger partial charge is 0.264 e. The summed E-state index contributed by atoms with van der Waals surface area (Å²) in [6.07, 6.45) is 0.225. The van der Waals surface area contributed by atoms with Crippen LogP contribution in [0.1, 0.15) is 16.7 Å². The van der Waals surface area contributed by atoms with Gasteiger partial charge in [0.05, 0.1) is 22.2 Å². The zero-order chi connectivity index (χ0) is 31.9. The molecule has 1 N–H and O–H groups in total. The summed E-state index contributed by atoms with van der Waals surface area (Å²) in [4.78, 5) is 29.1. The second kappa shape index (κ2) is 14.7. The molecule has 0 saturated carbocycles. The average molecular weight is 699 g/mol. The van der Waals surface area contributed by atoms with E-state index in [1.54, 1.807) is 54.6 Å². The molecule has 8 nitrogen and oxygen atoms in total. The maximum absolute atomic E-state index is 14.3. The van der Waals surface area contributed by atoms with E-state index in [4.69, 9.17) is 16.3 Å². The van der Waals surface area contributed by atoms with Crippen LogP contribution < -0.4 is 14.4 Å². The van der Waals surface area contributed by atoms with Crippen LogP contribution in [-0.4, -0.2) is 51.9 Å². The van der Waals surface area contributed by atoms with Crippen molar-refractivity contribution < 1.29 is 22.7 Å². The van der Waals surface area contributed by atoms with Crippen LogP contribution in [0, 0.1) is 6.92 Å². The predicted octanol–water partition coefficient (Wildman–Crippen LogP) is 6.00. The molecule has 0 heterocycles. The van der Waals surface area contributed by atoms with Crippen LogP contribution in [0.3, 0.4) is 0 Å². The Kier molecular flexibility index (Phi) is 11.1. The molecule has 1 atom stereocenters. The molecule has 0 saturated heterocycles. The summed E-state index contributed by atoms with van der Waals surface area (Å²) in [5.74, 6) is -0.466. The van der Waals surface area contributed by atoms with Crippen LogP contribution in [0.25, 0.3) is 0 Å². The molecule has 0 fully saturated rings. The van der Waals surface area contributed by atoms with Gasteiger partial charge in [0.15, 0.2) is 0 Å². The standard InChI is InChI=1S/C33H33BrClN3O5S/c1-23-9-15-27(16-10-23)38(44(41,42)28-17-18-31(43-3)29(34)20-28)22-32(39)37(21-25-11-13-26(35)14-12-25)30(33(40)36-2)19-24-7-5-4-6-8-24/h4-18,20,30H,19,21-22H2,1-3H3,(H,36,40)/t30-/m1/s1. The van der Waals surface area contributed by atoms with Crippen LogP contribution >= 0.6 is 27.5 Å². The zero-order valence-electron chi connectivity index (χ0n) is 24.5. The van der Waals surface area contributed by atoms with Gasteiger partial charge in [-0.05, 0) is 76.4 Å². The lowest BCUT2D eigenvalue weighted by molar-refractivity contribution is -0.139. The highest BCUT2D eigenvalue weighted by molar-refractivity contribution is 9.10. The van der Waals surface area contributed by atoms with Crippen molar-refractivity contribution in [3.05, 3.63) is 123 Å². The number of amides is 2. The first kappa shape index (κ1) is 33.0. The van der Waals surface area contributed by atoms with E-state index >= 15 is 0 Å². The SMILES string of the molecule is CNC(=O)[C@@H](Cc1ccccc1)N(Cc1ccc(Cl)cc1)C(=O)CN(c1ccc(C)cc1)S(=O)(=O)c1ccc(OC)c(Br)c1. The Hall–Kier alpha value is -3.86. The van der Waals surface area contributed by atoms with Gasteiger partial charge < -0.3 is 15.0 Å². The molecule has 0 aromatic heterocycles. The normalized spacial score (nSPS) is 11.8. The van der Waals surface area contributed by atoms with Crippen molar-refractivity contribution in [2.24, 2.45) is 0 Å². The van der Waals surface area contributed by atoms with Gasteiger partial charge in [-0.2, -0.15) is 0 Å².